The van der Waals surface area contributed by atoms with Crippen LogP contribution in [0.4, 0.5) is 11.4 Å². The number of pyridine rings is 1. The Morgan fingerprint density at radius 3 is 2.17 bits per heavy atom. The van der Waals surface area contributed by atoms with Crippen molar-refractivity contribution in [1.29, 1.82) is 0 Å². The molecule has 0 saturated carbocycles. The number of amides is 1. The first kappa shape index (κ1) is 24.2. The number of benzene rings is 2. The monoisotopic (exact) mass is 469 g/mol. The molecule has 0 spiro atoms. The van der Waals surface area contributed by atoms with Crippen molar-refractivity contribution >= 4 is 28.8 Å². The second-order valence-corrected chi connectivity index (χ2v) is 10.1. The van der Waals surface area contributed by atoms with E-state index < -0.39 is 17.7 Å². The molecule has 2 aromatic carbocycles. The summed E-state index contributed by atoms with van der Waals surface area (Å²) in [6.45, 7) is 8.16. The minimum absolute atomic E-state index is 0.0760. The van der Waals surface area contributed by atoms with Crippen LogP contribution in [0.2, 0.25) is 0 Å². The van der Waals surface area contributed by atoms with Gasteiger partial charge in [0.25, 0.3) is 11.7 Å². The SMILES string of the molecule is Cc1ccc(C(C)(C)C)cc1/C(O)=C1\C(=O)C(=O)N(c2ccc(N(C)C)cc2)C1c1ccncc1. The molecule has 1 atom stereocenters. The van der Waals surface area contributed by atoms with E-state index in [4.69, 9.17) is 0 Å². The molecule has 1 amide bonds. The molecular formula is C29H31N3O3. The molecule has 1 aliphatic heterocycles. The van der Waals surface area contributed by atoms with Gasteiger partial charge >= 0.3 is 0 Å². The van der Waals surface area contributed by atoms with Crippen molar-refractivity contribution in [3.05, 3.63) is 94.8 Å². The second kappa shape index (κ2) is 9.02. The van der Waals surface area contributed by atoms with E-state index in [2.05, 4.69) is 25.8 Å². The van der Waals surface area contributed by atoms with Crippen LogP contribution in [0.25, 0.3) is 5.76 Å². The molecule has 0 radical (unpaired) electrons. The number of carbonyl (C=O) groups excluding carboxylic acids is 2. The van der Waals surface area contributed by atoms with E-state index in [9.17, 15) is 14.7 Å². The lowest BCUT2D eigenvalue weighted by Crippen LogP contribution is -2.29. The summed E-state index contributed by atoms with van der Waals surface area (Å²) in [5, 5.41) is 11.6. The Morgan fingerprint density at radius 2 is 1.60 bits per heavy atom. The highest BCUT2D eigenvalue weighted by Gasteiger charge is 2.47. The van der Waals surface area contributed by atoms with Crippen LogP contribution in [0.3, 0.4) is 0 Å². The summed E-state index contributed by atoms with van der Waals surface area (Å²) in [6.07, 6.45) is 3.24. The predicted molar refractivity (Wildman–Crippen MR) is 140 cm³/mol. The average Bonchev–Trinajstić information content (AvgIpc) is 3.09. The number of aromatic nitrogens is 1. The first-order valence-electron chi connectivity index (χ1n) is 11.6. The number of hydrogen-bond acceptors (Lipinski definition) is 5. The molecule has 1 unspecified atom stereocenters. The van der Waals surface area contributed by atoms with Crippen LogP contribution in [0, 0.1) is 6.92 Å². The van der Waals surface area contributed by atoms with Crippen LogP contribution >= 0.6 is 0 Å². The summed E-state index contributed by atoms with van der Waals surface area (Å²) in [7, 11) is 3.87. The maximum Gasteiger partial charge on any atom is 0.300 e. The molecular weight excluding hydrogens is 438 g/mol. The van der Waals surface area contributed by atoms with Crippen molar-refractivity contribution in [2.24, 2.45) is 0 Å². The Labute approximate surface area is 206 Å². The largest absolute Gasteiger partial charge is 0.507 e. The normalized spacial score (nSPS) is 17.7. The number of Topliss-reactive ketones (excluding diaryl/α,β-unsaturated/α-hetero) is 1. The third kappa shape index (κ3) is 4.44. The molecule has 6 heteroatoms. The lowest BCUT2D eigenvalue weighted by atomic mass is 9.84. The predicted octanol–water partition coefficient (Wildman–Crippen LogP) is 5.38. The first-order valence-corrected chi connectivity index (χ1v) is 11.6. The average molecular weight is 470 g/mol. The highest BCUT2D eigenvalue weighted by molar-refractivity contribution is 6.51. The van der Waals surface area contributed by atoms with Crippen LogP contribution in [-0.2, 0) is 15.0 Å². The Bertz CT molecular complexity index is 1300. The first-order chi connectivity index (χ1) is 16.5. The highest BCUT2D eigenvalue weighted by Crippen LogP contribution is 2.43. The fourth-order valence-electron chi connectivity index (χ4n) is 4.36. The maximum absolute atomic E-state index is 13.4. The minimum Gasteiger partial charge on any atom is -0.507 e. The third-order valence-electron chi connectivity index (χ3n) is 6.47. The van der Waals surface area contributed by atoms with E-state index in [1.807, 2.05) is 68.4 Å². The van der Waals surface area contributed by atoms with Crippen molar-refractivity contribution in [2.45, 2.75) is 39.2 Å². The quantitative estimate of drug-likeness (QED) is 0.315. The number of ketones is 1. The standard InChI is InChI=1S/C29H31N3O3/c1-18-7-8-20(29(2,3)4)17-23(18)26(33)24-25(19-13-15-30-16-14-19)32(28(35)27(24)34)22-11-9-21(10-12-22)31(5)6/h7-17,25,33H,1-6H3/b26-24+. The van der Waals surface area contributed by atoms with E-state index in [1.54, 1.807) is 24.5 Å². The zero-order valence-electron chi connectivity index (χ0n) is 21.0. The summed E-state index contributed by atoms with van der Waals surface area (Å²) >= 11 is 0. The molecule has 3 aromatic rings. The van der Waals surface area contributed by atoms with Gasteiger partial charge in [-0.15, -0.1) is 0 Å². The van der Waals surface area contributed by atoms with Gasteiger partial charge in [0.1, 0.15) is 5.76 Å². The van der Waals surface area contributed by atoms with E-state index in [0.717, 1.165) is 16.8 Å². The van der Waals surface area contributed by atoms with Gasteiger partial charge in [0.05, 0.1) is 11.6 Å². The maximum atomic E-state index is 13.4. The molecule has 2 heterocycles. The van der Waals surface area contributed by atoms with E-state index in [-0.39, 0.29) is 16.7 Å². The van der Waals surface area contributed by atoms with Gasteiger partial charge in [0, 0.05) is 43.4 Å². The number of nitrogens with zero attached hydrogens (tertiary/aromatic N) is 3. The number of aryl methyl sites for hydroxylation is 1. The molecule has 0 bridgehead atoms. The summed E-state index contributed by atoms with van der Waals surface area (Å²) in [5.74, 6) is -1.54. The van der Waals surface area contributed by atoms with Gasteiger partial charge in [0.2, 0.25) is 0 Å². The molecule has 0 aliphatic carbocycles. The lowest BCUT2D eigenvalue weighted by molar-refractivity contribution is -0.132. The van der Waals surface area contributed by atoms with Crippen molar-refractivity contribution in [1.82, 2.24) is 4.98 Å². The number of aliphatic hydroxyl groups is 1. The Balaban J connectivity index is 1.93. The summed E-state index contributed by atoms with van der Waals surface area (Å²) < 4.78 is 0. The van der Waals surface area contributed by atoms with Gasteiger partial charge in [-0.05, 0) is 71.5 Å². The summed E-state index contributed by atoms with van der Waals surface area (Å²) in [4.78, 5) is 34.3. The van der Waals surface area contributed by atoms with Crippen molar-refractivity contribution in [3.8, 4) is 0 Å². The van der Waals surface area contributed by atoms with Crippen molar-refractivity contribution < 1.29 is 14.7 Å². The number of hydrogen-bond donors (Lipinski definition) is 1. The van der Waals surface area contributed by atoms with Crippen molar-refractivity contribution in [2.75, 3.05) is 23.9 Å². The molecule has 1 saturated heterocycles. The third-order valence-corrected chi connectivity index (χ3v) is 6.47. The molecule has 1 aliphatic rings. The van der Waals surface area contributed by atoms with Gasteiger partial charge in [-0.25, -0.2) is 0 Å². The number of rotatable bonds is 4. The topological polar surface area (TPSA) is 73.7 Å². The van der Waals surface area contributed by atoms with Crippen LogP contribution in [0.1, 0.15) is 49.1 Å². The molecule has 180 valence electrons. The van der Waals surface area contributed by atoms with Crippen molar-refractivity contribution in [3.63, 3.8) is 0 Å². The smallest absolute Gasteiger partial charge is 0.300 e. The van der Waals surface area contributed by atoms with Gasteiger partial charge in [-0.3, -0.25) is 19.5 Å². The molecule has 1 aromatic heterocycles. The fraction of sp³-hybridized carbons (Fsp3) is 0.276. The van der Waals surface area contributed by atoms with Gasteiger partial charge < -0.3 is 10.0 Å². The van der Waals surface area contributed by atoms with E-state index in [1.165, 1.54) is 4.90 Å². The summed E-state index contributed by atoms with van der Waals surface area (Å²) in [6, 6.07) is 16.1. The number of carbonyl (C=O) groups is 2. The van der Waals surface area contributed by atoms with Crippen LogP contribution in [-0.4, -0.2) is 35.9 Å². The Kier molecular flexibility index (Phi) is 6.24. The molecule has 4 rings (SSSR count). The molecule has 1 N–H and O–H groups in total. The Morgan fingerprint density at radius 1 is 0.971 bits per heavy atom. The summed E-state index contributed by atoms with van der Waals surface area (Å²) in [5.41, 5.74) is 4.59. The highest BCUT2D eigenvalue weighted by atomic mass is 16.3. The number of aliphatic hydroxyl groups excluding tert-OH is 1. The zero-order chi connectivity index (χ0) is 25.5. The van der Waals surface area contributed by atoms with E-state index in [0.29, 0.717) is 16.8 Å². The van der Waals surface area contributed by atoms with Crippen LogP contribution < -0.4 is 9.80 Å². The zero-order valence-corrected chi connectivity index (χ0v) is 21.0. The molecule has 6 nitrogen and oxygen atoms in total. The number of anilines is 2. The van der Waals surface area contributed by atoms with Crippen LogP contribution in [0.15, 0.2) is 72.6 Å². The Hall–Kier alpha value is -3.93. The van der Waals surface area contributed by atoms with Crippen LogP contribution in [0.5, 0.6) is 0 Å². The minimum atomic E-state index is -0.777. The second-order valence-electron chi connectivity index (χ2n) is 10.1. The fourth-order valence-corrected chi connectivity index (χ4v) is 4.36. The lowest BCUT2D eigenvalue weighted by Gasteiger charge is -2.26. The van der Waals surface area contributed by atoms with Gasteiger partial charge in [0.15, 0.2) is 0 Å². The molecule has 1 fully saturated rings. The molecule has 35 heavy (non-hydrogen) atoms. The van der Waals surface area contributed by atoms with E-state index >= 15 is 0 Å². The van der Waals surface area contributed by atoms with Gasteiger partial charge in [-0.2, -0.15) is 0 Å². The van der Waals surface area contributed by atoms with Gasteiger partial charge in [-0.1, -0.05) is 32.9 Å².